The maximum absolute atomic E-state index is 5.54. The molecule has 0 radical (unpaired) electrons. The normalized spacial score (nSPS) is 10.6. The molecule has 0 spiro atoms. The van der Waals surface area contributed by atoms with Crippen LogP contribution < -0.4 is 5.73 Å². The van der Waals surface area contributed by atoms with Gasteiger partial charge in [-0.15, -0.1) is 0 Å². The highest BCUT2D eigenvalue weighted by atomic mass is 16.5. The van der Waals surface area contributed by atoms with Crippen LogP contribution in [0.4, 0.5) is 0 Å². The van der Waals surface area contributed by atoms with Crippen molar-refractivity contribution in [1.29, 1.82) is 0 Å². The summed E-state index contributed by atoms with van der Waals surface area (Å²) in [6.07, 6.45) is 3.59. The predicted molar refractivity (Wildman–Crippen MR) is 64.1 cm³/mol. The van der Waals surface area contributed by atoms with Crippen molar-refractivity contribution in [3.63, 3.8) is 0 Å². The molecule has 3 nitrogen and oxygen atoms in total. The van der Waals surface area contributed by atoms with Crippen LogP contribution in [-0.2, 0) is 12.8 Å². The molecule has 2 rings (SSSR count). The van der Waals surface area contributed by atoms with E-state index in [1.54, 1.807) is 6.20 Å². The molecule has 16 heavy (non-hydrogen) atoms. The number of hydrogen-bond acceptors (Lipinski definition) is 3. The zero-order valence-corrected chi connectivity index (χ0v) is 9.44. The first-order chi connectivity index (χ1) is 7.85. The van der Waals surface area contributed by atoms with Gasteiger partial charge in [-0.2, -0.15) is 0 Å². The van der Waals surface area contributed by atoms with Crippen molar-refractivity contribution < 1.29 is 4.52 Å². The minimum Gasteiger partial charge on any atom is -0.356 e. The van der Waals surface area contributed by atoms with E-state index in [2.05, 4.69) is 36.3 Å². The van der Waals surface area contributed by atoms with E-state index in [9.17, 15) is 0 Å². The molecular weight excluding hydrogens is 200 g/mol. The largest absolute Gasteiger partial charge is 0.356 e. The molecule has 84 valence electrons. The average Bonchev–Trinajstić information content (AvgIpc) is 2.78. The van der Waals surface area contributed by atoms with E-state index in [0.29, 0.717) is 6.54 Å². The molecule has 0 unspecified atom stereocenters. The molecule has 0 aliphatic carbocycles. The summed E-state index contributed by atoms with van der Waals surface area (Å²) >= 11 is 0. The summed E-state index contributed by atoms with van der Waals surface area (Å²) in [5, 5.41) is 3.83. The predicted octanol–water partition coefficient (Wildman–Crippen LogP) is 2.41. The summed E-state index contributed by atoms with van der Waals surface area (Å²) in [5.41, 5.74) is 9.01. The van der Waals surface area contributed by atoms with Crippen LogP contribution in [0.25, 0.3) is 11.3 Å². The van der Waals surface area contributed by atoms with E-state index in [4.69, 9.17) is 10.3 Å². The molecule has 0 atom stereocenters. The zero-order valence-electron chi connectivity index (χ0n) is 9.44. The summed E-state index contributed by atoms with van der Waals surface area (Å²) in [4.78, 5) is 0. The fraction of sp³-hybridized carbons (Fsp3) is 0.308. The number of nitrogens with zero attached hydrogens (tertiary/aromatic N) is 1. The number of nitrogens with two attached hydrogens (primary N) is 1. The molecular formula is C13H16N2O. The molecule has 0 aliphatic heterocycles. The zero-order chi connectivity index (χ0) is 11.4. The van der Waals surface area contributed by atoms with Gasteiger partial charge in [0.2, 0.25) is 0 Å². The summed E-state index contributed by atoms with van der Waals surface area (Å²) in [6, 6.07) is 8.37. The quantitative estimate of drug-likeness (QED) is 0.853. The van der Waals surface area contributed by atoms with Gasteiger partial charge >= 0.3 is 0 Å². The number of benzene rings is 1. The molecule has 1 heterocycles. The lowest BCUT2D eigenvalue weighted by Crippen LogP contribution is -2.02. The molecule has 0 bridgehead atoms. The molecule has 3 heteroatoms. The fourth-order valence-corrected chi connectivity index (χ4v) is 1.72. The summed E-state index contributed by atoms with van der Waals surface area (Å²) in [6.45, 7) is 2.75. The van der Waals surface area contributed by atoms with Crippen molar-refractivity contribution >= 4 is 0 Å². The van der Waals surface area contributed by atoms with Crippen molar-refractivity contribution in [3.05, 3.63) is 41.6 Å². The summed E-state index contributed by atoms with van der Waals surface area (Å²) in [7, 11) is 0. The highest BCUT2D eigenvalue weighted by Crippen LogP contribution is 2.24. The highest BCUT2D eigenvalue weighted by molar-refractivity contribution is 5.61. The summed E-state index contributed by atoms with van der Waals surface area (Å²) < 4.78 is 5.27. The van der Waals surface area contributed by atoms with Gasteiger partial charge in [-0.3, -0.25) is 0 Å². The molecule has 0 fully saturated rings. The third kappa shape index (κ3) is 2.14. The molecule has 0 saturated carbocycles. The topological polar surface area (TPSA) is 52.0 Å². The van der Waals surface area contributed by atoms with Crippen molar-refractivity contribution in [2.45, 2.75) is 19.8 Å². The van der Waals surface area contributed by atoms with E-state index >= 15 is 0 Å². The molecule has 0 amide bonds. The Morgan fingerprint density at radius 1 is 1.25 bits per heavy atom. The van der Waals surface area contributed by atoms with Crippen LogP contribution in [0, 0.1) is 0 Å². The van der Waals surface area contributed by atoms with Crippen LogP contribution in [0.3, 0.4) is 0 Å². The first-order valence-corrected chi connectivity index (χ1v) is 5.58. The standard InChI is InChI=1S/C13H16N2O/c1-2-10-3-5-11(6-4-10)13-12(7-8-14)9-15-16-13/h3-6,9H,2,7-8,14H2,1H3. The van der Waals surface area contributed by atoms with Gasteiger partial charge in [0.1, 0.15) is 0 Å². The van der Waals surface area contributed by atoms with Crippen LogP contribution in [-0.4, -0.2) is 11.7 Å². The molecule has 1 aromatic carbocycles. The first kappa shape index (κ1) is 10.9. The molecule has 2 N–H and O–H groups in total. The Morgan fingerprint density at radius 2 is 2.00 bits per heavy atom. The van der Waals surface area contributed by atoms with Crippen LogP contribution in [0.5, 0.6) is 0 Å². The van der Waals surface area contributed by atoms with Crippen molar-refractivity contribution in [1.82, 2.24) is 5.16 Å². The lowest BCUT2D eigenvalue weighted by molar-refractivity contribution is 0.431. The second-order valence-corrected chi connectivity index (χ2v) is 3.77. The van der Waals surface area contributed by atoms with E-state index < -0.39 is 0 Å². The Hall–Kier alpha value is -1.61. The van der Waals surface area contributed by atoms with Crippen molar-refractivity contribution in [2.24, 2.45) is 5.73 Å². The fourth-order valence-electron chi connectivity index (χ4n) is 1.72. The SMILES string of the molecule is CCc1ccc(-c2oncc2CCN)cc1. The van der Waals surface area contributed by atoms with Gasteiger partial charge in [0, 0.05) is 11.1 Å². The lowest BCUT2D eigenvalue weighted by Gasteiger charge is -2.01. The van der Waals surface area contributed by atoms with Gasteiger partial charge in [0.25, 0.3) is 0 Å². The van der Waals surface area contributed by atoms with Gasteiger partial charge in [0.05, 0.1) is 6.20 Å². The third-order valence-corrected chi connectivity index (χ3v) is 2.68. The summed E-state index contributed by atoms with van der Waals surface area (Å²) in [5.74, 6) is 0.841. The van der Waals surface area contributed by atoms with Crippen molar-refractivity contribution in [2.75, 3.05) is 6.54 Å². The number of aromatic nitrogens is 1. The minimum atomic E-state index is 0.612. The number of hydrogen-bond donors (Lipinski definition) is 1. The maximum atomic E-state index is 5.54. The second kappa shape index (κ2) is 4.94. The molecule has 0 saturated heterocycles. The monoisotopic (exact) mass is 216 g/mol. The van der Waals surface area contributed by atoms with E-state index in [-0.39, 0.29) is 0 Å². The van der Waals surface area contributed by atoms with E-state index in [1.807, 2.05) is 0 Å². The van der Waals surface area contributed by atoms with Gasteiger partial charge < -0.3 is 10.3 Å². The van der Waals surface area contributed by atoms with Gasteiger partial charge in [-0.05, 0) is 24.9 Å². The molecule has 2 aromatic rings. The second-order valence-electron chi connectivity index (χ2n) is 3.77. The lowest BCUT2D eigenvalue weighted by atomic mass is 10.0. The first-order valence-electron chi connectivity index (χ1n) is 5.58. The average molecular weight is 216 g/mol. The van der Waals surface area contributed by atoms with Crippen LogP contribution in [0.1, 0.15) is 18.1 Å². The Labute approximate surface area is 95.3 Å². The number of rotatable bonds is 4. The Balaban J connectivity index is 2.31. The Morgan fingerprint density at radius 3 is 2.62 bits per heavy atom. The maximum Gasteiger partial charge on any atom is 0.170 e. The van der Waals surface area contributed by atoms with Crippen molar-refractivity contribution in [3.8, 4) is 11.3 Å². The van der Waals surface area contributed by atoms with Gasteiger partial charge in [-0.1, -0.05) is 36.3 Å². The van der Waals surface area contributed by atoms with Gasteiger partial charge in [0.15, 0.2) is 5.76 Å². The van der Waals surface area contributed by atoms with E-state index in [1.165, 1.54) is 5.56 Å². The third-order valence-electron chi connectivity index (χ3n) is 2.68. The number of aryl methyl sites for hydroxylation is 1. The Bertz CT molecular complexity index is 445. The molecule has 0 aliphatic rings. The van der Waals surface area contributed by atoms with Crippen LogP contribution in [0.2, 0.25) is 0 Å². The Kier molecular flexibility index (Phi) is 3.37. The smallest absolute Gasteiger partial charge is 0.170 e. The van der Waals surface area contributed by atoms with Gasteiger partial charge in [-0.25, -0.2) is 0 Å². The highest BCUT2D eigenvalue weighted by Gasteiger charge is 2.09. The van der Waals surface area contributed by atoms with E-state index in [0.717, 1.165) is 29.7 Å². The molecule has 1 aromatic heterocycles. The van der Waals surface area contributed by atoms with Crippen LogP contribution >= 0.6 is 0 Å². The van der Waals surface area contributed by atoms with Crippen LogP contribution in [0.15, 0.2) is 35.0 Å². The minimum absolute atomic E-state index is 0.612.